The van der Waals surface area contributed by atoms with Crippen LogP contribution in [0.3, 0.4) is 0 Å². The Kier molecular flexibility index (Phi) is 3.76. The molecule has 0 radical (unpaired) electrons. The second kappa shape index (κ2) is 6.05. The minimum absolute atomic E-state index is 0.0518. The molecule has 0 bridgehead atoms. The average Bonchev–Trinajstić information content (AvgIpc) is 3.28. The van der Waals surface area contributed by atoms with Crippen LogP contribution in [-0.4, -0.2) is 42.0 Å². The van der Waals surface area contributed by atoms with Gasteiger partial charge in [0.05, 0.1) is 0 Å². The fourth-order valence-electron chi connectivity index (χ4n) is 3.41. The third-order valence-electron chi connectivity index (χ3n) is 4.55. The molecule has 2 atom stereocenters. The third-order valence-corrected chi connectivity index (χ3v) is 5.38. The molecular weight excluding hydrogens is 306 g/mol. The summed E-state index contributed by atoms with van der Waals surface area (Å²) in [6.07, 6.45) is 1.85. The summed E-state index contributed by atoms with van der Waals surface area (Å²) in [5.41, 5.74) is 0.884. The van der Waals surface area contributed by atoms with Crippen LogP contribution >= 0.6 is 11.3 Å². The summed E-state index contributed by atoms with van der Waals surface area (Å²) in [5, 5.41) is 3.11. The Balaban J connectivity index is 1.37. The standard InChI is InChI=1S/C18H17N3OS/c22-17(7-6-14-4-2-1-3-5-14)20-10-15-12-21(13-16(15)11-20)18-19-8-9-23-18/h1-5,8-9,15-16H,10-13H2. The van der Waals surface area contributed by atoms with Gasteiger partial charge >= 0.3 is 0 Å². The van der Waals surface area contributed by atoms with Gasteiger partial charge in [-0.2, -0.15) is 0 Å². The van der Waals surface area contributed by atoms with E-state index in [2.05, 4.69) is 21.7 Å². The van der Waals surface area contributed by atoms with Crippen LogP contribution in [-0.2, 0) is 4.79 Å². The van der Waals surface area contributed by atoms with Gasteiger partial charge in [-0.1, -0.05) is 24.1 Å². The maximum absolute atomic E-state index is 12.3. The van der Waals surface area contributed by atoms with E-state index in [4.69, 9.17) is 0 Å². The molecule has 2 unspecified atom stereocenters. The molecule has 2 aliphatic heterocycles. The maximum Gasteiger partial charge on any atom is 0.298 e. The topological polar surface area (TPSA) is 36.4 Å². The number of rotatable bonds is 1. The molecule has 23 heavy (non-hydrogen) atoms. The van der Waals surface area contributed by atoms with Crippen LogP contribution in [0.25, 0.3) is 0 Å². The molecule has 2 aromatic rings. The Hall–Kier alpha value is -2.32. The van der Waals surface area contributed by atoms with Crippen molar-refractivity contribution >= 4 is 22.4 Å². The van der Waals surface area contributed by atoms with Crippen molar-refractivity contribution in [3.05, 3.63) is 47.5 Å². The second-order valence-electron chi connectivity index (χ2n) is 6.07. The zero-order chi connectivity index (χ0) is 15.6. The predicted octanol–water partition coefficient (Wildman–Crippen LogP) is 2.09. The van der Waals surface area contributed by atoms with Crippen LogP contribution in [0.1, 0.15) is 5.56 Å². The van der Waals surface area contributed by atoms with Gasteiger partial charge in [-0.05, 0) is 12.1 Å². The zero-order valence-corrected chi connectivity index (χ0v) is 13.5. The Labute approximate surface area is 139 Å². The molecule has 1 aromatic heterocycles. The SMILES string of the molecule is O=C(C#Cc1ccccc1)N1CC2CN(c3nccs3)CC2C1. The summed E-state index contributed by atoms with van der Waals surface area (Å²) in [6, 6.07) is 9.66. The monoisotopic (exact) mass is 323 g/mol. The van der Waals surface area contributed by atoms with E-state index in [-0.39, 0.29) is 5.91 Å². The molecule has 4 rings (SSSR count). The Bertz CT molecular complexity index is 734. The lowest BCUT2D eigenvalue weighted by atomic mass is 10.0. The summed E-state index contributed by atoms with van der Waals surface area (Å²) in [5.74, 6) is 6.77. The van der Waals surface area contributed by atoms with E-state index in [0.29, 0.717) is 11.8 Å². The lowest BCUT2D eigenvalue weighted by Gasteiger charge is -2.19. The molecule has 3 heterocycles. The van der Waals surface area contributed by atoms with E-state index in [1.54, 1.807) is 11.3 Å². The van der Waals surface area contributed by atoms with Crippen LogP contribution in [0.15, 0.2) is 41.9 Å². The molecule has 1 aromatic carbocycles. The quantitative estimate of drug-likeness (QED) is 0.754. The van der Waals surface area contributed by atoms with Crippen molar-refractivity contribution in [1.29, 1.82) is 0 Å². The fourth-order valence-corrected chi connectivity index (χ4v) is 4.08. The number of benzene rings is 1. The number of carbonyl (C=O) groups excluding carboxylic acids is 1. The smallest absolute Gasteiger partial charge is 0.298 e. The van der Waals surface area contributed by atoms with Gasteiger partial charge in [0.1, 0.15) is 0 Å². The first-order valence-electron chi connectivity index (χ1n) is 7.80. The first-order chi connectivity index (χ1) is 11.3. The number of amides is 1. The molecule has 5 heteroatoms. The highest BCUT2D eigenvalue weighted by atomic mass is 32.1. The molecule has 0 spiro atoms. The van der Waals surface area contributed by atoms with Gasteiger partial charge < -0.3 is 9.80 Å². The lowest BCUT2D eigenvalue weighted by molar-refractivity contribution is -0.124. The number of hydrogen-bond donors (Lipinski definition) is 0. The number of likely N-dealkylation sites (tertiary alicyclic amines) is 1. The molecule has 2 aliphatic rings. The summed E-state index contributed by atoms with van der Waals surface area (Å²) in [4.78, 5) is 20.9. The Morgan fingerprint density at radius 2 is 1.87 bits per heavy atom. The van der Waals surface area contributed by atoms with Crippen LogP contribution in [0, 0.1) is 23.7 Å². The van der Waals surface area contributed by atoms with E-state index in [1.807, 2.05) is 46.8 Å². The van der Waals surface area contributed by atoms with Crippen LogP contribution < -0.4 is 4.90 Å². The molecule has 116 valence electrons. The Morgan fingerprint density at radius 3 is 2.52 bits per heavy atom. The Morgan fingerprint density at radius 1 is 1.13 bits per heavy atom. The summed E-state index contributed by atoms with van der Waals surface area (Å²) in [7, 11) is 0. The number of thiazole rings is 1. The number of hydrogen-bond acceptors (Lipinski definition) is 4. The van der Waals surface area contributed by atoms with Crippen LogP contribution in [0.5, 0.6) is 0 Å². The van der Waals surface area contributed by atoms with Crippen molar-refractivity contribution in [2.24, 2.45) is 11.8 Å². The van der Waals surface area contributed by atoms with Gasteiger partial charge in [0.2, 0.25) is 0 Å². The average molecular weight is 323 g/mol. The van der Waals surface area contributed by atoms with Crippen LogP contribution in [0.2, 0.25) is 0 Å². The van der Waals surface area contributed by atoms with Crippen molar-refractivity contribution in [2.75, 3.05) is 31.1 Å². The number of carbonyl (C=O) groups is 1. The van der Waals surface area contributed by atoms with Crippen LogP contribution in [0.4, 0.5) is 5.13 Å². The van der Waals surface area contributed by atoms with E-state index in [0.717, 1.165) is 36.9 Å². The molecule has 2 saturated heterocycles. The predicted molar refractivity (Wildman–Crippen MR) is 91.2 cm³/mol. The third kappa shape index (κ3) is 2.95. The van der Waals surface area contributed by atoms with Crippen molar-refractivity contribution in [1.82, 2.24) is 9.88 Å². The minimum atomic E-state index is -0.0518. The largest absolute Gasteiger partial charge is 0.347 e. The van der Waals surface area contributed by atoms with Gasteiger partial charge in [-0.25, -0.2) is 4.98 Å². The van der Waals surface area contributed by atoms with Gasteiger partial charge in [0.25, 0.3) is 5.91 Å². The molecular formula is C18H17N3OS. The fraction of sp³-hybridized carbons (Fsp3) is 0.333. The molecule has 0 aliphatic carbocycles. The number of nitrogens with zero attached hydrogens (tertiary/aromatic N) is 3. The van der Waals surface area contributed by atoms with Gasteiger partial charge in [-0.15, -0.1) is 11.3 Å². The molecule has 2 fully saturated rings. The van der Waals surface area contributed by atoms with Crippen molar-refractivity contribution in [2.45, 2.75) is 0 Å². The van der Waals surface area contributed by atoms with E-state index < -0.39 is 0 Å². The molecule has 4 nitrogen and oxygen atoms in total. The number of anilines is 1. The maximum atomic E-state index is 12.3. The first kappa shape index (κ1) is 14.3. The van der Waals surface area contributed by atoms with E-state index in [9.17, 15) is 4.79 Å². The van der Waals surface area contributed by atoms with Gasteiger partial charge in [0.15, 0.2) is 5.13 Å². The number of fused-ring (bicyclic) bond motifs is 1. The highest BCUT2D eigenvalue weighted by Crippen LogP contribution is 2.34. The molecule has 1 amide bonds. The normalized spacial score (nSPS) is 22.6. The first-order valence-corrected chi connectivity index (χ1v) is 8.68. The highest BCUT2D eigenvalue weighted by Gasteiger charge is 2.41. The van der Waals surface area contributed by atoms with E-state index >= 15 is 0 Å². The highest BCUT2D eigenvalue weighted by molar-refractivity contribution is 7.13. The summed E-state index contributed by atoms with van der Waals surface area (Å²) < 4.78 is 0. The van der Waals surface area contributed by atoms with Gasteiger partial charge in [-0.3, -0.25) is 4.79 Å². The zero-order valence-electron chi connectivity index (χ0n) is 12.7. The summed E-state index contributed by atoms with van der Waals surface area (Å²) >= 11 is 1.68. The van der Waals surface area contributed by atoms with Crippen molar-refractivity contribution < 1.29 is 4.79 Å². The van der Waals surface area contributed by atoms with Gasteiger partial charge in [0, 0.05) is 61.1 Å². The summed E-state index contributed by atoms with van der Waals surface area (Å²) in [6.45, 7) is 3.62. The molecule has 0 N–H and O–H groups in total. The lowest BCUT2D eigenvalue weighted by Crippen LogP contribution is -2.32. The van der Waals surface area contributed by atoms with Crippen molar-refractivity contribution in [3.63, 3.8) is 0 Å². The molecule has 0 saturated carbocycles. The minimum Gasteiger partial charge on any atom is -0.347 e. The van der Waals surface area contributed by atoms with Crippen molar-refractivity contribution in [3.8, 4) is 11.8 Å². The number of aromatic nitrogens is 1. The second-order valence-corrected chi connectivity index (χ2v) is 6.94. The van der Waals surface area contributed by atoms with E-state index in [1.165, 1.54) is 0 Å².